The molecule has 4 rings (SSSR count). The number of rotatable bonds is 5. The Kier molecular flexibility index (Phi) is 7.75. The Morgan fingerprint density at radius 3 is 2.87 bits per heavy atom. The maximum Gasteiger partial charge on any atom is 0.203 e. The summed E-state index contributed by atoms with van der Waals surface area (Å²) < 4.78 is 1.94. The summed E-state index contributed by atoms with van der Waals surface area (Å²) in [5, 5.41) is 12.0. The number of likely N-dealkylation sites (tertiary alicyclic amines) is 1. The Morgan fingerprint density at radius 2 is 2.13 bits per heavy atom. The van der Waals surface area contributed by atoms with Crippen molar-refractivity contribution in [2.75, 3.05) is 44.7 Å². The molecular weight excluding hydrogens is 491 g/mol. The highest BCUT2D eigenvalue weighted by Crippen LogP contribution is 2.36. The van der Waals surface area contributed by atoms with Gasteiger partial charge in [0.2, 0.25) is 5.65 Å². The van der Waals surface area contributed by atoms with Crippen molar-refractivity contribution in [2.45, 2.75) is 46.0 Å². The van der Waals surface area contributed by atoms with Crippen molar-refractivity contribution in [2.24, 2.45) is 16.3 Å². The number of aromatic nitrogens is 4. The second-order valence-corrected chi connectivity index (χ2v) is 8.57. The van der Waals surface area contributed by atoms with E-state index < -0.39 is 0 Å². The van der Waals surface area contributed by atoms with E-state index in [-0.39, 0.29) is 24.0 Å². The molecular formula is C21H35IN8. The first-order valence-electron chi connectivity index (χ1n) is 11.0. The van der Waals surface area contributed by atoms with Crippen molar-refractivity contribution in [3.05, 3.63) is 18.7 Å². The van der Waals surface area contributed by atoms with E-state index in [0.29, 0.717) is 11.3 Å². The van der Waals surface area contributed by atoms with Crippen LogP contribution in [0.5, 0.6) is 0 Å². The van der Waals surface area contributed by atoms with Crippen LogP contribution in [0.25, 0.3) is 5.65 Å². The van der Waals surface area contributed by atoms with Gasteiger partial charge >= 0.3 is 0 Å². The fourth-order valence-corrected chi connectivity index (χ4v) is 4.90. The first-order valence-corrected chi connectivity index (χ1v) is 11.0. The molecule has 0 radical (unpaired) electrons. The van der Waals surface area contributed by atoms with Gasteiger partial charge in [0, 0.05) is 52.2 Å². The van der Waals surface area contributed by atoms with Gasteiger partial charge in [-0.25, -0.2) is 4.98 Å². The number of nitrogens with zero attached hydrogens (tertiary/aromatic N) is 7. The normalized spacial score (nSPS) is 21.7. The van der Waals surface area contributed by atoms with Crippen LogP contribution in [0.3, 0.4) is 0 Å². The molecule has 2 aliphatic rings. The summed E-state index contributed by atoms with van der Waals surface area (Å²) in [6.07, 6.45) is 11.6. The Hall–Kier alpha value is -1.65. The second-order valence-electron chi connectivity index (χ2n) is 8.57. The zero-order valence-electron chi connectivity index (χ0n) is 18.4. The molecule has 4 heterocycles. The molecule has 1 atom stereocenters. The van der Waals surface area contributed by atoms with E-state index >= 15 is 0 Å². The lowest BCUT2D eigenvalue weighted by atomic mass is 9.82. The Morgan fingerprint density at radius 1 is 1.30 bits per heavy atom. The second kappa shape index (κ2) is 10.1. The molecule has 2 fully saturated rings. The third-order valence-corrected chi connectivity index (χ3v) is 7.01. The number of fused-ring (bicyclic) bond motifs is 1. The summed E-state index contributed by atoms with van der Waals surface area (Å²) in [5.41, 5.74) is 1.30. The average Bonchev–Trinajstić information content (AvgIpc) is 3.42. The fraction of sp³-hybridized carbons (Fsp3) is 0.714. The molecule has 30 heavy (non-hydrogen) atoms. The molecule has 9 heteroatoms. The van der Waals surface area contributed by atoms with Crippen LogP contribution in [-0.4, -0.2) is 70.2 Å². The van der Waals surface area contributed by atoms with E-state index in [9.17, 15) is 0 Å². The van der Waals surface area contributed by atoms with Crippen LogP contribution in [0.4, 0.5) is 5.82 Å². The Bertz CT molecular complexity index is 846. The SMILES string of the molecule is CCC1(CC)CCN(C(=NC)NCC2CCCN(c3nccn4cnnc34)C2)C1.I. The maximum atomic E-state index is 4.60. The maximum absolute atomic E-state index is 4.60. The number of nitrogens with one attached hydrogen (secondary N) is 1. The first kappa shape index (κ1) is 23.0. The van der Waals surface area contributed by atoms with Gasteiger partial charge < -0.3 is 15.1 Å². The zero-order chi connectivity index (χ0) is 20.3. The first-order chi connectivity index (χ1) is 14.2. The molecule has 0 spiro atoms. The van der Waals surface area contributed by atoms with Crippen LogP contribution in [0.2, 0.25) is 0 Å². The van der Waals surface area contributed by atoms with Crippen LogP contribution >= 0.6 is 24.0 Å². The molecule has 0 saturated carbocycles. The van der Waals surface area contributed by atoms with Gasteiger partial charge in [0.1, 0.15) is 6.33 Å². The summed E-state index contributed by atoms with van der Waals surface area (Å²) in [5.74, 6) is 2.56. The predicted octanol–water partition coefficient (Wildman–Crippen LogP) is 3.05. The highest BCUT2D eigenvalue weighted by atomic mass is 127. The summed E-state index contributed by atoms with van der Waals surface area (Å²) in [6, 6.07) is 0. The van der Waals surface area contributed by atoms with Gasteiger partial charge in [0.05, 0.1) is 0 Å². The van der Waals surface area contributed by atoms with Gasteiger partial charge in [-0.15, -0.1) is 34.2 Å². The standard InChI is InChI=1S/C21H34N8.HI/c1-4-21(5-2)8-11-28(15-21)20(22-3)24-13-17-7-6-10-27(14-17)18-19-26-25-16-29(19)12-9-23-18;/h9,12,16-17H,4-8,10-11,13-15H2,1-3H3,(H,22,24);1H. The molecule has 166 valence electrons. The monoisotopic (exact) mass is 526 g/mol. The largest absolute Gasteiger partial charge is 0.356 e. The van der Waals surface area contributed by atoms with E-state index in [1.54, 1.807) is 6.33 Å². The summed E-state index contributed by atoms with van der Waals surface area (Å²) >= 11 is 0. The van der Waals surface area contributed by atoms with Crippen LogP contribution in [0, 0.1) is 11.3 Å². The molecule has 2 saturated heterocycles. The molecule has 0 amide bonds. The number of guanidine groups is 1. The molecule has 8 nitrogen and oxygen atoms in total. The van der Waals surface area contributed by atoms with Crippen molar-refractivity contribution < 1.29 is 0 Å². The Balaban J connectivity index is 0.00000256. The van der Waals surface area contributed by atoms with Crippen molar-refractivity contribution in [1.82, 2.24) is 29.8 Å². The fourth-order valence-electron chi connectivity index (χ4n) is 4.90. The summed E-state index contributed by atoms with van der Waals surface area (Å²) in [6.45, 7) is 9.82. The minimum atomic E-state index is 0. The average molecular weight is 526 g/mol. The molecule has 0 aliphatic carbocycles. The van der Waals surface area contributed by atoms with Crippen LogP contribution in [0.1, 0.15) is 46.0 Å². The van der Waals surface area contributed by atoms with Crippen LogP contribution in [0.15, 0.2) is 23.7 Å². The van der Waals surface area contributed by atoms with E-state index in [4.69, 9.17) is 0 Å². The number of anilines is 1. The van der Waals surface area contributed by atoms with E-state index in [1.807, 2.05) is 23.8 Å². The van der Waals surface area contributed by atoms with Gasteiger partial charge in [-0.1, -0.05) is 13.8 Å². The number of hydrogen-bond donors (Lipinski definition) is 1. The molecule has 2 aromatic heterocycles. The quantitative estimate of drug-likeness (QED) is 0.367. The van der Waals surface area contributed by atoms with Gasteiger partial charge in [-0.3, -0.25) is 9.39 Å². The van der Waals surface area contributed by atoms with Crippen molar-refractivity contribution in [3.8, 4) is 0 Å². The van der Waals surface area contributed by atoms with Gasteiger partial charge in [-0.2, -0.15) is 0 Å². The molecule has 2 aromatic rings. The third-order valence-electron chi connectivity index (χ3n) is 7.01. The van der Waals surface area contributed by atoms with E-state index in [2.05, 4.69) is 49.1 Å². The van der Waals surface area contributed by atoms with Gasteiger partial charge in [0.25, 0.3) is 0 Å². The van der Waals surface area contributed by atoms with Crippen molar-refractivity contribution in [1.29, 1.82) is 0 Å². The van der Waals surface area contributed by atoms with Crippen molar-refractivity contribution >= 4 is 41.4 Å². The Labute approximate surface area is 196 Å². The lowest BCUT2D eigenvalue weighted by molar-refractivity contribution is 0.275. The number of hydrogen-bond acceptors (Lipinski definition) is 5. The summed E-state index contributed by atoms with van der Waals surface area (Å²) in [4.78, 5) is 14.0. The molecule has 0 bridgehead atoms. The predicted molar refractivity (Wildman–Crippen MR) is 132 cm³/mol. The summed E-state index contributed by atoms with van der Waals surface area (Å²) in [7, 11) is 1.91. The lowest BCUT2D eigenvalue weighted by Crippen LogP contribution is -2.46. The highest BCUT2D eigenvalue weighted by Gasteiger charge is 2.36. The smallest absolute Gasteiger partial charge is 0.203 e. The topological polar surface area (TPSA) is 74.0 Å². The number of piperidine rings is 1. The minimum absolute atomic E-state index is 0. The third kappa shape index (κ3) is 4.65. The highest BCUT2D eigenvalue weighted by molar-refractivity contribution is 14.0. The van der Waals surface area contributed by atoms with E-state index in [1.165, 1.54) is 32.1 Å². The number of halogens is 1. The molecule has 1 N–H and O–H groups in total. The van der Waals surface area contributed by atoms with Gasteiger partial charge in [-0.05, 0) is 43.4 Å². The lowest BCUT2D eigenvalue weighted by Gasteiger charge is -2.34. The van der Waals surface area contributed by atoms with Crippen LogP contribution in [-0.2, 0) is 0 Å². The molecule has 1 unspecified atom stereocenters. The minimum Gasteiger partial charge on any atom is -0.356 e. The van der Waals surface area contributed by atoms with Crippen molar-refractivity contribution in [3.63, 3.8) is 0 Å². The van der Waals surface area contributed by atoms with Crippen LogP contribution < -0.4 is 10.2 Å². The molecule has 0 aromatic carbocycles. The number of aliphatic imine (C=N–C) groups is 1. The van der Waals surface area contributed by atoms with Gasteiger partial charge in [0.15, 0.2) is 11.8 Å². The van der Waals surface area contributed by atoms with E-state index in [0.717, 1.165) is 50.1 Å². The molecule has 2 aliphatic heterocycles. The zero-order valence-corrected chi connectivity index (χ0v) is 20.7.